The largest absolute Gasteiger partial charge is 0.416 e. The molecule has 0 spiro atoms. The van der Waals surface area contributed by atoms with Gasteiger partial charge < -0.3 is 5.32 Å². The Balaban J connectivity index is 2.36. The van der Waals surface area contributed by atoms with Crippen molar-refractivity contribution in [3.63, 3.8) is 0 Å². The van der Waals surface area contributed by atoms with Crippen molar-refractivity contribution in [2.45, 2.75) is 19.1 Å². The summed E-state index contributed by atoms with van der Waals surface area (Å²) in [4.78, 5) is 1.97. The predicted molar refractivity (Wildman–Crippen MR) is 77.2 cm³/mol. The second-order valence-electron chi connectivity index (χ2n) is 4.40. The molecule has 1 nitrogen and oxygen atoms in total. The highest BCUT2D eigenvalue weighted by molar-refractivity contribution is 7.15. The molecule has 0 aliphatic rings. The van der Waals surface area contributed by atoms with Gasteiger partial charge in [0.2, 0.25) is 0 Å². The van der Waals surface area contributed by atoms with Gasteiger partial charge in [-0.05, 0) is 38.2 Å². The van der Waals surface area contributed by atoms with Crippen LogP contribution in [0.4, 0.5) is 13.2 Å². The van der Waals surface area contributed by atoms with Crippen molar-refractivity contribution < 1.29 is 13.2 Å². The summed E-state index contributed by atoms with van der Waals surface area (Å²) in [7, 11) is 1.86. The topological polar surface area (TPSA) is 12.0 Å². The van der Waals surface area contributed by atoms with E-state index in [4.69, 9.17) is 11.6 Å². The van der Waals surface area contributed by atoms with Gasteiger partial charge in [-0.2, -0.15) is 13.2 Å². The number of hydrogen-bond acceptors (Lipinski definition) is 2. The number of thiophene rings is 1. The Bertz CT molecular complexity index is 607. The standard InChI is InChI=1S/C14H13ClF3NS/c1-8(19-2)12-5-6-13(20-12)10-4-3-9(7-11(10)15)14(16,17)18/h3-8,19H,1-2H3. The van der Waals surface area contributed by atoms with Gasteiger partial charge in [-0.15, -0.1) is 11.3 Å². The van der Waals surface area contributed by atoms with Crippen LogP contribution in [0.2, 0.25) is 5.02 Å². The van der Waals surface area contributed by atoms with E-state index in [2.05, 4.69) is 5.32 Å². The summed E-state index contributed by atoms with van der Waals surface area (Å²) in [5, 5.41) is 3.23. The maximum absolute atomic E-state index is 12.6. The molecule has 1 heterocycles. The highest BCUT2D eigenvalue weighted by Crippen LogP contribution is 2.38. The summed E-state index contributed by atoms with van der Waals surface area (Å²) >= 11 is 7.50. The highest BCUT2D eigenvalue weighted by Gasteiger charge is 2.31. The van der Waals surface area contributed by atoms with E-state index in [1.807, 2.05) is 26.1 Å². The lowest BCUT2D eigenvalue weighted by molar-refractivity contribution is -0.137. The molecule has 1 atom stereocenters. The Hall–Kier alpha value is -1.04. The zero-order valence-electron chi connectivity index (χ0n) is 10.9. The molecule has 108 valence electrons. The third-order valence-electron chi connectivity index (χ3n) is 3.05. The molecule has 6 heteroatoms. The molecular formula is C14H13ClF3NS. The Morgan fingerprint density at radius 2 is 1.90 bits per heavy atom. The first kappa shape index (κ1) is 15.4. The van der Waals surface area contributed by atoms with Gasteiger partial charge in [0.25, 0.3) is 0 Å². The second kappa shape index (κ2) is 5.76. The third kappa shape index (κ3) is 3.16. The lowest BCUT2D eigenvalue weighted by Gasteiger charge is -2.09. The third-order valence-corrected chi connectivity index (χ3v) is 4.66. The fourth-order valence-electron chi connectivity index (χ4n) is 1.76. The van der Waals surface area contributed by atoms with E-state index >= 15 is 0 Å². The Labute approximate surface area is 124 Å². The van der Waals surface area contributed by atoms with Crippen LogP contribution < -0.4 is 5.32 Å². The summed E-state index contributed by atoms with van der Waals surface area (Å²) in [5.41, 5.74) is -0.106. The zero-order valence-corrected chi connectivity index (χ0v) is 12.5. The molecule has 2 aromatic rings. The van der Waals surface area contributed by atoms with Crippen molar-refractivity contribution >= 4 is 22.9 Å². The van der Waals surface area contributed by atoms with Crippen molar-refractivity contribution in [3.05, 3.63) is 45.8 Å². The molecule has 0 fully saturated rings. The Kier molecular flexibility index (Phi) is 4.42. The van der Waals surface area contributed by atoms with Crippen molar-refractivity contribution in [3.8, 4) is 10.4 Å². The van der Waals surface area contributed by atoms with E-state index in [1.54, 1.807) is 0 Å². The summed E-state index contributed by atoms with van der Waals surface area (Å²) < 4.78 is 37.8. The van der Waals surface area contributed by atoms with Crippen LogP contribution in [0, 0.1) is 0 Å². The molecule has 0 radical (unpaired) electrons. The van der Waals surface area contributed by atoms with Gasteiger partial charge in [-0.25, -0.2) is 0 Å². The first-order valence-corrected chi connectivity index (χ1v) is 7.16. The van der Waals surface area contributed by atoms with Gasteiger partial charge in [0.1, 0.15) is 0 Å². The molecule has 1 aromatic carbocycles. The number of halogens is 4. The fraction of sp³-hybridized carbons (Fsp3) is 0.286. The molecule has 0 aliphatic heterocycles. The number of hydrogen-bond donors (Lipinski definition) is 1. The van der Waals surface area contributed by atoms with E-state index in [0.29, 0.717) is 5.56 Å². The average molecular weight is 320 g/mol. The lowest BCUT2D eigenvalue weighted by Crippen LogP contribution is -2.10. The molecule has 0 amide bonds. The van der Waals surface area contributed by atoms with Crippen LogP contribution in [-0.2, 0) is 6.18 Å². The maximum Gasteiger partial charge on any atom is 0.416 e. The van der Waals surface area contributed by atoms with Crippen LogP contribution in [0.15, 0.2) is 30.3 Å². The van der Waals surface area contributed by atoms with E-state index < -0.39 is 11.7 Å². The van der Waals surface area contributed by atoms with Crippen LogP contribution >= 0.6 is 22.9 Å². The number of nitrogens with one attached hydrogen (secondary N) is 1. The summed E-state index contributed by atoms with van der Waals surface area (Å²) in [6.07, 6.45) is -4.37. The van der Waals surface area contributed by atoms with Crippen molar-refractivity contribution in [2.24, 2.45) is 0 Å². The molecule has 0 saturated carbocycles. The Morgan fingerprint density at radius 3 is 2.45 bits per heavy atom. The second-order valence-corrected chi connectivity index (χ2v) is 5.93. The van der Waals surface area contributed by atoms with Crippen LogP contribution in [0.3, 0.4) is 0 Å². The SMILES string of the molecule is CNC(C)c1ccc(-c2ccc(C(F)(F)F)cc2Cl)s1. The number of rotatable bonds is 3. The van der Waals surface area contributed by atoms with Gasteiger partial charge in [0.15, 0.2) is 0 Å². The molecule has 20 heavy (non-hydrogen) atoms. The van der Waals surface area contributed by atoms with Gasteiger partial charge in [-0.1, -0.05) is 17.7 Å². The fourth-order valence-corrected chi connectivity index (χ4v) is 3.21. The first-order valence-electron chi connectivity index (χ1n) is 5.97. The normalized spacial score (nSPS) is 13.5. The molecule has 1 N–H and O–H groups in total. The molecule has 1 unspecified atom stereocenters. The predicted octanol–water partition coefficient (Wildman–Crippen LogP) is 5.37. The van der Waals surface area contributed by atoms with E-state index in [0.717, 1.165) is 21.9 Å². The monoisotopic (exact) mass is 319 g/mol. The Morgan fingerprint density at radius 1 is 1.20 bits per heavy atom. The van der Waals surface area contributed by atoms with Gasteiger partial charge in [0.05, 0.1) is 5.56 Å². The lowest BCUT2D eigenvalue weighted by atomic mass is 10.1. The minimum atomic E-state index is -4.37. The van der Waals surface area contributed by atoms with Crippen LogP contribution in [0.25, 0.3) is 10.4 Å². The van der Waals surface area contributed by atoms with Crippen molar-refractivity contribution in [1.29, 1.82) is 0 Å². The van der Waals surface area contributed by atoms with Crippen LogP contribution in [-0.4, -0.2) is 7.05 Å². The molecule has 1 aromatic heterocycles. The van der Waals surface area contributed by atoms with Crippen molar-refractivity contribution in [1.82, 2.24) is 5.32 Å². The average Bonchev–Trinajstić information content (AvgIpc) is 2.86. The van der Waals surface area contributed by atoms with Gasteiger partial charge in [0, 0.05) is 26.4 Å². The molecule has 0 aliphatic carbocycles. The summed E-state index contributed by atoms with van der Waals surface area (Å²) in [6.45, 7) is 2.02. The number of benzene rings is 1. The van der Waals surface area contributed by atoms with E-state index in [-0.39, 0.29) is 11.1 Å². The molecule has 0 bridgehead atoms. The van der Waals surface area contributed by atoms with Gasteiger partial charge >= 0.3 is 6.18 Å². The summed E-state index contributed by atoms with van der Waals surface area (Å²) in [5.74, 6) is 0. The quantitative estimate of drug-likeness (QED) is 0.802. The first-order chi connectivity index (χ1) is 9.32. The smallest absolute Gasteiger partial charge is 0.313 e. The number of alkyl halides is 3. The van der Waals surface area contributed by atoms with Gasteiger partial charge in [-0.3, -0.25) is 0 Å². The zero-order chi connectivity index (χ0) is 14.9. The minimum Gasteiger partial charge on any atom is -0.313 e. The van der Waals surface area contributed by atoms with Crippen LogP contribution in [0.1, 0.15) is 23.4 Å². The molecule has 0 saturated heterocycles. The van der Waals surface area contributed by atoms with Crippen LogP contribution in [0.5, 0.6) is 0 Å². The minimum absolute atomic E-state index is 0.116. The maximum atomic E-state index is 12.6. The molecule has 2 rings (SSSR count). The van der Waals surface area contributed by atoms with E-state index in [1.165, 1.54) is 17.4 Å². The molecular weight excluding hydrogens is 307 g/mol. The highest BCUT2D eigenvalue weighted by atomic mass is 35.5. The van der Waals surface area contributed by atoms with Crippen molar-refractivity contribution in [2.75, 3.05) is 7.05 Å². The van der Waals surface area contributed by atoms with E-state index in [9.17, 15) is 13.2 Å². The summed E-state index contributed by atoms with van der Waals surface area (Å²) in [6, 6.07) is 7.48.